The molecule has 176 valence electrons. The summed E-state index contributed by atoms with van der Waals surface area (Å²) in [6, 6.07) is 16.0. The number of ether oxygens (including phenoxy) is 1. The Morgan fingerprint density at radius 2 is 1.83 bits per heavy atom. The summed E-state index contributed by atoms with van der Waals surface area (Å²) in [5.41, 5.74) is 7.08. The molecule has 1 N–H and O–H groups in total. The molecular formula is C27H25N5O2S. The van der Waals surface area contributed by atoms with Crippen molar-refractivity contribution in [1.82, 2.24) is 9.58 Å². The lowest BCUT2D eigenvalue weighted by Crippen LogP contribution is -2.35. The number of nitrogens with one attached hydrogen (secondary N) is 1. The summed E-state index contributed by atoms with van der Waals surface area (Å²) in [5, 5.41) is 16.0. The average molecular weight is 484 g/mol. The number of aliphatic imine (C=N–C) groups is 1. The minimum atomic E-state index is -0.437. The average Bonchev–Trinajstić information content (AvgIpc) is 3.37. The molecule has 3 aromatic rings. The number of hydrogen-bond acceptors (Lipinski definition) is 5. The van der Waals surface area contributed by atoms with Crippen LogP contribution in [0.4, 0.5) is 0 Å². The van der Waals surface area contributed by atoms with Gasteiger partial charge in [-0.15, -0.1) is 0 Å². The van der Waals surface area contributed by atoms with Gasteiger partial charge in [0.05, 0.1) is 18.4 Å². The van der Waals surface area contributed by atoms with E-state index in [9.17, 15) is 4.79 Å². The molecule has 35 heavy (non-hydrogen) atoms. The number of amidine groups is 2. The van der Waals surface area contributed by atoms with Crippen molar-refractivity contribution in [2.75, 3.05) is 7.11 Å². The van der Waals surface area contributed by atoms with Crippen LogP contribution in [0.1, 0.15) is 33.6 Å². The highest BCUT2D eigenvalue weighted by Gasteiger charge is 2.36. The van der Waals surface area contributed by atoms with E-state index < -0.39 is 5.91 Å². The number of methoxy groups -OCH3 is 1. The molecule has 2 aliphatic rings. The predicted molar refractivity (Wildman–Crippen MR) is 142 cm³/mol. The first kappa shape index (κ1) is 22.9. The largest absolute Gasteiger partial charge is 0.495 e. The second kappa shape index (κ2) is 8.70. The van der Waals surface area contributed by atoms with Crippen LogP contribution in [0.5, 0.6) is 5.75 Å². The molecule has 1 amide bonds. The lowest BCUT2D eigenvalue weighted by atomic mass is 10.1. The van der Waals surface area contributed by atoms with Gasteiger partial charge in [0.25, 0.3) is 5.91 Å². The summed E-state index contributed by atoms with van der Waals surface area (Å²) in [6.07, 6.45) is 1.73. The number of fused-ring (bicyclic) bond motifs is 1. The van der Waals surface area contributed by atoms with Crippen molar-refractivity contribution >= 4 is 39.8 Å². The molecule has 0 spiro atoms. The van der Waals surface area contributed by atoms with E-state index in [1.807, 2.05) is 70.2 Å². The van der Waals surface area contributed by atoms with Gasteiger partial charge in [0.2, 0.25) is 5.17 Å². The Morgan fingerprint density at radius 1 is 1.06 bits per heavy atom. The van der Waals surface area contributed by atoms with Crippen molar-refractivity contribution in [3.63, 3.8) is 0 Å². The highest BCUT2D eigenvalue weighted by molar-refractivity contribution is 8.27. The smallest absolute Gasteiger partial charge is 0.283 e. The third-order valence-corrected chi connectivity index (χ3v) is 7.12. The first-order valence-corrected chi connectivity index (χ1v) is 12.0. The fourth-order valence-corrected chi connectivity index (χ4v) is 5.33. The van der Waals surface area contributed by atoms with Gasteiger partial charge < -0.3 is 9.30 Å². The summed E-state index contributed by atoms with van der Waals surface area (Å²) in [7, 11) is 1.66. The minimum absolute atomic E-state index is 0.0222. The molecule has 8 heteroatoms. The summed E-state index contributed by atoms with van der Waals surface area (Å²) in [6.45, 7) is 8.06. The van der Waals surface area contributed by atoms with Gasteiger partial charge in [0.1, 0.15) is 10.8 Å². The molecule has 2 aliphatic heterocycles. The van der Waals surface area contributed by atoms with Crippen molar-refractivity contribution in [3.05, 3.63) is 87.7 Å². The summed E-state index contributed by atoms with van der Waals surface area (Å²) in [4.78, 5) is 17.2. The van der Waals surface area contributed by atoms with Gasteiger partial charge in [0.15, 0.2) is 5.84 Å². The minimum Gasteiger partial charge on any atom is -0.495 e. The van der Waals surface area contributed by atoms with Gasteiger partial charge in [0, 0.05) is 17.0 Å². The topological polar surface area (TPSA) is 83.0 Å². The number of carbonyl (C=O) groups excluding carboxylic acids is 1. The van der Waals surface area contributed by atoms with E-state index >= 15 is 0 Å². The van der Waals surface area contributed by atoms with E-state index in [1.165, 1.54) is 16.8 Å². The molecule has 2 aromatic carbocycles. The van der Waals surface area contributed by atoms with Crippen LogP contribution < -0.4 is 4.74 Å². The van der Waals surface area contributed by atoms with Crippen LogP contribution in [0.3, 0.4) is 0 Å². The van der Waals surface area contributed by atoms with Crippen LogP contribution in [0.15, 0.2) is 64.2 Å². The molecule has 7 nitrogen and oxygen atoms in total. The number of rotatable bonds is 4. The molecule has 0 aliphatic carbocycles. The number of hydrogen-bond donors (Lipinski definition) is 1. The van der Waals surface area contributed by atoms with Crippen LogP contribution in [-0.4, -0.2) is 38.6 Å². The number of amides is 1. The van der Waals surface area contributed by atoms with Gasteiger partial charge >= 0.3 is 0 Å². The van der Waals surface area contributed by atoms with Crippen molar-refractivity contribution in [2.24, 2.45) is 10.1 Å². The zero-order valence-electron chi connectivity index (χ0n) is 20.2. The number of aryl methyl sites for hydroxylation is 3. The molecule has 0 bridgehead atoms. The van der Waals surface area contributed by atoms with Gasteiger partial charge in [-0.2, -0.15) is 15.1 Å². The van der Waals surface area contributed by atoms with Crippen molar-refractivity contribution in [3.8, 4) is 11.4 Å². The number of thioether (sulfide) groups is 1. The van der Waals surface area contributed by atoms with Crippen LogP contribution in [0, 0.1) is 33.1 Å². The van der Waals surface area contributed by atoms with Crippen molar-refractivity contribution < 1.29 is 9.53 Å². The van der Waals surface area contributed by atoms with E-state index in [1.54, 1.807) is 13.2 Å². The SMILES string of the molecule is COc1ccc(C)cc1-n1c(C)cc(C=C2C(=N)N3N=C(c4ccccc4C)SC3=NC2=O)c1C. The lowest BCUT2D eigenvalue weighted by molar-refractivity contribution is -0.114. The molecule has 0 fully saturated rings. The highest BCUT2D eigenvalue weighted by Crippen LogP contribution is 2.33. The zero-order valence-corrected chi connectivity index (χ0v) is 21.0. The maximum Gasteiger partial charge on any atom is 0.283 e. The normalized spacial score (nSPS) is 16.5. The summed E-state index contributed by atoms with van der Waals surface area (Å²) < 4.78 is 7.70. The number of carbonyl (C=O) groups is 1. The van der Waals surface area contributed by atoms with E-state index in [4.69, 9.17) is 10.1 Å². The first-order valence-electron chi connectivity index (χ1n) is 11.2. The van der Waals surface area contributed by atoms with Gasteiger partial charge in [-0.1, -0.05) is 30.3 Å². The van der Waals surface area contributed by atoms with Crippen molar-refractivity contribution in [1.29, 1.82) is 5.41 Å². The maximum absolute atomic E-state index is 13.0. The molecule has 0 saturated carbocycles. The Balaban J connectivity index is 1.54. The zero-order chi connectivity index (χ0) is 24.9. The predicted octanol–water partition coefficient (Wildman–Crippen LogP) is 5.39. The van der Waals surface area contributed by atoms with E-state index in [-0.39, 0.29) is 11.4 Å². The molecule has 0 atom stereocenters. The number of aromatic nitrogens is 1. The Kier molecular flexibility index (Phi) is 5.68. The van der Waals surface area contributed by atoms with Crippen molar-refractivity contribution in [2.45, 2.75) is 27.7 Å². The second-order valence-electron chi connectivity index (χ2n) is 8.58. The molecular weight excluding hydrogens is 458 g/mol. The lowest BCUT2D eigenvalue weighted by Gasteiger charge is -2.20. The van der Waals surface area contributed by atoms with Crippen LogP contribution in [0.2, 0.25) is 0 Å². The third kappa shape index (κ3) is 3.89. The third-order valence-electron chi connectivity index (χ3n) is 6.18. The maximum atomic E-state index is 13.0. The van der Waals surface area contributed by atoms with Gasteiger partial charge in [-0.3, -0.25) is 10.2 Å². The second-order valence-corrected chi connectivity index (χ2v) is 9.53. The quantitative estimate of drug-likeness (QED) is 0.505. The fourth-order valence-electron chi connectivity index (χ4n) is 4.35. The molecule has 0 radical (unpaired) electrons. The summed E-state index contributed by atoms with van der Waals surface area (Å²) >= 11 is 1.31. The first-order chi connectivity index (χ1) is 16.8. The van der Waals surface area contributed by atoms with Gasteiger partial charge in [-0.25, -0.2) is 0 Å². The number of nitrogens with zero attached hydrogens (tertiary/aromatic N) is 4. The Hall–Kier alpha value is -3.91. The Labute approximate surface area is 208 Å². The molecule has 5 rings (SSSR count). The van der Waals surface area contributed by atoms with Crippen LogP contribution in [-0.2, 0) is 4.79 Å². The van der Waals surface area contributed by atoms with E-state index in [0.29, 0.717) is 5.17 Å². The molecule has 3 heterocycles. The van der Waals surface area contributed by atoms with Crippen LogP contribution >= 0.6 is 11.8 Å². The number of hydrazone groups is 1. The Morgan fingerprint density at radius 3 is 2.57 bits per heavy atom. The number of benzene rings is 2. The monoisotopic (exact) mass is 483 g/mol. The highest BCUT2D eigenvalue weighted by atomic mass is 32.2. The molecule has 0 unspecified atom stereocenters. The standard InChI is InChI=1S/C27H25N5O2S/c1-15-10-11-23(34-5)22(12-15)31-17(3)13-19(18(31)4)14-21-24(28)32-27(29-25(21)33)35-26(30-32)20-9-7-6-8-16(20)2/h6-14,28H,1-5H3. The fraction of sp³-hybridized carbons (Fsp3) is 0.185. The molecule has 0 saturated heterocycles. The Bertz CT molecular complexity index is 1500. The van der Waals surface area contributed by atoms with E-state index in [0.717, 1.165) is 50.1 Å². The van der Waals surface area contributed by atoms with Gasteiger partial charge in [-0.05, 0) is 80.4 Å². The van der Waals surface area contributed by atoms with Crippen LogP contribution in [0.25, 0.3) is 11.8 Å². The molecule has 1 aromatic heterocycles. The van der Waals surface area contributed by atoms with E-state index in [2.05, 4.69) is 20.7 Å². The summed E-state index contributed by atoms with van der Waals surface area (Å²) in [5.74, 6) is 0.349.